The van der Waals surface area contributed by atoms with E-state index in [-0.39, 0.29) is 5.56 Å². The molecule has 0 atom stereocenters. The number of hydrogen-bond donors (Lipinski definition) is 1. The fourth-order valence-corrected chi connectivity index (χ4v) is 3.25. The molecule has 0 spiro atoms. The summed E-state index contributed by atoms with van der Waals surface area (Å²) in [5, 5.41) is 3.53. The molecule has 4 rings (SSSR count). The minimum Gasteiger partial charge on any atom is -0.422 e. The van der Waals surface area contributed by atoms with Crippen LogP contribution in [-0.2, 0) is 6.42 Å². The van der Waals surface area contributed by atoms with Crippen molar-refractivity contribution in [2.24, 2.45) is 0 Å². The third-order valence-corrected chi connectivity index (χ3v) is 4.58. The number of fused-ring (bicyclic) bond motifs is 2. The Kier molecular flexibility index (Phi) is 3.76. The van der Waals surface area contributed by atoms with Crippen LogP contribution in [0.5, 0.6) is 0 Å². The normalized spacial score (nSPS) is 13.6. The first-order chi connectivity index (χ1) is 12.1. The summed E-state index contributed by atoms with van der Waals surface area (Å²) in [6.07, 6.45) is 2.18. The number of para-hydroxylation sites is 1. The van der Waals surface area contributed by atoms with E-state index in [4.69, 9.17) is 4.42 Å². The van der Waals surface area contributed by atoms with E-state index in [1.165, 1.54) is 5.56 Å². The van der Waals surface area contributed by atoms with Gasteiger partial charge in [0.2, 0.25) is 0 Å². The van der Waals surface area contributed by atoms with Crippen molar-refractivity contribution in [1.29, 1.82) is 0 Å². The van der Waals surface area contributed by atoms with Crippen LogP contribution in [0.2, 0.25) is 0 Å². The Hall–Kier alpha value is -3.08. The second-order valence-electron chi connectivity index (χ2n) is 6.31. The molecule has 0 saturated heterocycles. The summed E-state index contributed by atoms with van der Waals surface area (Å²) >= 11 is 0. The van der Waals surface area contributed by atoms with Crippen LogP contribution >= 0.6 is 0 Å². The van der Waals surface area contributed by atoms with Crippen LogP contribution in [0.4, 0.5) is 11.4 Å². The zero-order valence-electron chi connectivity index (χ0n) is 13.9. The fraction of sp³-hybridized carbons (Fsp3) is 0.200. The molecule has 0 aliphatic carbocycles. The average Bonchev–Trinajstić information content (AvgIpc) is 2.62. The van der Waals surface area contributed by atoms with Gasteiger partial charge in [0.1, 0.15) is 11.1 Å². The minimum atomic E-state index is -0.633. The maximum atomic E-state index is 12.5. The molecule has 1 aliphatic heterocycles. The minimum absolute atomic E-state index is 0.00442. The van der Waals surface area contributed by atoms with Crippen molar-refractivity contribution in [3.05, 3.63) is 70.1 Å². The lowest BCUT2D eigenvalue weighted by Gasteiger charge is -2.28. The fourth-order valence-electron chi connectivity index (χ4n) is 3.25. The highest BCUT2D eigenvalue weighted by Crippen LogP contribution is 2.29. The topological polar surface area (TPSA) is 62.6 Å². The van der Waals surface area contributed by atoms with E-state index in [2.05, 4.69) is 10.2 Å². The Labute approximate surface area is 144 Å². The molecule has 1 amide bonds. The first-order valence-electron chi connectivity index (χ1n) is 8.30. The van der Waals surface area contributed by atoms with Crippen LogP contribution in [0.15, 0.2) is 57.7 Å². The van der Waals surface area contributed by atoms with Gasteiger partial charge < -0.3 is 14.6 Å². The van der Waals surface area contributed by atoms with Gasteiger partial charge in [-0.3, -0.25) is 4.79 Å². The number of carbonyl (C=O) groups excluding carboxylic acids is 1. The number of hydrogen-bond acceptors (Lipinski definition) is 4. The molecule has 3 aromatic rings. The van der Waals surface area contributed by atoms with Gasteiger partial charge in [-0.25, -0.2) is 4.79 Å². The van der Waals surface area contributed by atoms with Crippen LogP contribution in [-0.4, -0.2) is 19.5 Å². The molecular weight excluding hydrogens is 316 g/mol. The molecule has 0 saturated carbocycles. The maximum Gasteiger partial charge on any atom is 0.349 e. The van der Waals surface area contributed by atoms with Gasteiger partial charge in [0, 0.05) is 30.4 Å². The van der Waals surface area contributed by atoms with Crippen molar-refractivity contribution in [1.82, 2.24) is 0 Å². The molecule has 1 aliphatic rings. The number of benzene rings is 2. The highest BCUT2D eigenvalue weighted by molar-refractivity contribution is 6.05. The van der Waals surface area contributed by atoms with Gasteiger partial charge in [0.25, 0.3) is 5.91 Å². The molecule has 5 heteroatoms. The molecule has 0 bridgehead atoms. The van der Waals surface area contributed by atoms with E-state index in [1.54, 1.807) is 18.2 Å². The van der Waals surface area contributed by atoms with Crippen molar-refractivity contribution in [2.45, 2.75) is 12.8 Å². The highest BCUT2D eigenvalue weighted by Gasteiger charge is 2.17. The lowest BCUT2D eigenvalue weighted by atomic mass is 10.0. The van der Waals surface area contributed by atoms with Crippen LogP contribution in [0.1, 0.15) is 22.3 Å². The van der Waals surface area contributed by atoms with E-state index in [0.717, 1.165) is 30.5 Å². The predicted molar refractivity (Wildman–Crippen MR) is 98.5 cm³/mol. The van der Waals surface area contributed by atoms with E-state index in [0.29, 0.717) is 11.3 Å². The third kappa shape index (κ3) is 2.89. The number of aryl methyl sites for hydroxylation is 1. The SMILES string of the molecule is CN1CCCc2ccc(NC(=O)c3cc4ccccc4oc3=O)cc21. The zero-order chi connectivity index (χ0) is 17.4. The summed E-state index contributed by atoms with van der Waals surface area (Å²) in [5.74, 6) is -0.460. The van der Waals surface area contributed by atoms with E-state index < -0.39 is 11.5 Å². The summed E-state index contributed by atoms with van der Waals surface area (Å²) in [4.78, 5) is 26.8. The van der Waals surface area contributed by atoms with Gasteiger partial charge in [-0.2, -0.15) is 0 Å². The summed E-state index contributed by atoms with van der Waals surface area (Å²) < 4.78 is 5.23. The van der Waals surface area contributed by atoms with Crippen LogP contribution in [0, 0.1) is 0 Å². The Morgan fingerprint density at radius 2 is 2.00 bits per heavy atom. The number of carbonyl (C=O) groups is 1. The second kappa shape index (κ2) is 6.09. The number of rotatable bonds is 2. The number of amides is 1. The molecule has 1 aromatic heterocycles. The molecule has 2 aromatic carbocycles. The molecular formula is C20H18N2O3. The Balaban J connectivity index is 1.65. The first kappa shape index (κ1) is 15.4. The highest BCUT2D eigenvalue weighted by atomic mass is 16.4. The molecule has 25 heavy (non-hydrogen) atoms. The largest absolute Gasteiger partial charge is 0.422 e. The molecule has 126 valence electrons. The van der Waals surface area contributed by atoms with E-state index in [9.17, 15) is 9.59 Å². The molecule has 0 radical (unpaired) electrons. The summed E-state index contributed by atoms with van der Waals surface area (Å²) in [6, 6.07) is 14.6. The van der Waals surface area contributed by atoms with Gasteiger partial charge in [0.15, 0.2) is 0 Å². The van der Waals surface area contributed by atoms with Crippen LogP contribution < -0.4 is 15.8 Å². The Morgan fingerprint density at radius 3 is 2.88 bits per heavy atom. The smallest absolute Gasteiger partial charge is 0.349 e. The van der Waals surface area contributed by atoms with Crippen LogP contribution in [0.3, 0.4) is 0 Å². The van der Waals surface area contributed by atoms with Crippen molar-refractivity contribution in [3.63, 3.8) is 0 Å². The van der Waals surface area contributed by atoms with Gasteiger partial charge >= 0.3 is 5.63 Å². The number of nitrogens with one attached hydrogen (secondary N) is 1. The Morgan fingerprint density at radius 1 is 1.16 bits per heavy atom. The Bertz CT molecular complexity index is 1020. The van der Waals surface area contributed by atoms with Crippen molar-refractivity contribution in [2.75, 3.05) is 23.8 Å². The zero-order valence-corrected chi connectivity index (χ0v) is 13.9. The molecule has 0 fully saturated rings. The molecule has 0 unspecified atom stereocenters. The van der Waals surface area contributed by atoms with Crippen molar-refractivity contribution in [3.8, 4) is 0 Å². The van der Waals surface area contributed by atoms with Gasteiger partial charge in [-0.1, -0.05) is 24.3 Å². The molecule has 2 heterocycles. The molecule has 1 N–H and O–H groups in total. The maximum absolute atomic E-state index is 12.5. The lowest BCUT2D eigenvalue weighted by molar-refractivity contribution is 0.102. The molecule has 5 nitrogen and oxygen atoms in total. The summed E-state index contributed by atoms with van der Waals surface area (Å²) in [6.45, 7) is 0.999. The number of anilines is 2. The number of nitrogens with zero attached hydrogens (tertiary/aromatic N) is 1. The van der Waals surface area contributed by atoms with Crippen molar-refractivity contribution < 1.29 is 9.21 Å². The third-order valence-electron chi connectivity index (χ3n) is 4.58. The summed E-state index contributed by atoms with van der Waals surface area (Å²) in [7, 11) is 2.04. The van der Waals surface area contributed by atoms with Crippen molar-refractivity contribution >= 4 is 28.3 Å². The van der Waals surface area contributed by atoms with Gasteiger partial charge in [-0.15, -0.1) is 0 Å². The van der Waals surface area contributed by atoms with E-state index >= 15 is 0 Å². The first-order valence-corrected chi connectivity index (χ1v) is 8.30. The van der Waals surface area contributed by atoms with Gasteiger partial charge in [0.05, 0.1) is 0 Å². The lowest BCUT2D eigenvalue weighted by Crippen LogP contribution is -2.25. The average molecular weight is 334 g/mol. The van der Waals surface area contributed by atoms with Crippen LogP contribution in [0.25, 0.3) is 11.0 Å². The second-order valence-corrected chi connectivity index (χ2v) is 6.31. The monoisotopic (exact) mass is 334 g/mol. The van der Waals surface area contributed by atoms with Gasteiger partial charge in [-0.05, 0) is 42.7 Å². The predicted octanol–water partition coefficient (Wildman–Crippen LogP) is 3.43. The standard InChI is InChI=1S/C20H18N2O3/c1-22-10-4-6-13-8-9-15(12-17(13)22)21-19(23)16-11-14-5-2-3-7-18(14)25-20(16)24/h2-3,5,7-9,11-12H,4,6,10H2,1H3,(H,21,23). The van der Waals surface area contributed by atoms with E-state index in [1.807, 2.05) is 37.4 Å². The quantitative estimate of drug-likeness (QED) is 0.729. The summed E-state index contributed by atoms with van der Waals surface area (Å²) in [5.41, 5.74) is 2.91.